The molecular weight excluding hydrogens is 343 g/mol. The molecule has 2 heterocycles. The van der Waals surface area contributed by atoms with Crippen LogP contribution in [0.15, 0.2) is 18.3 Å². The zero-order chi connectivity index (χ0) is 17.7. The van der Waals surface area contributed by atoms with Gasteiger partial charge in [-0.25, -0.2) is 4.98 Å². The van der Waals surface area contributed by atoms with Crippen molar-refractivity contribution in [1.29, 1.82) is 0 Å². The number of alkyl halides is 3. The Kier molecular flexibility index (Phi) is 6.34. The molecule has 2 rings (SSSR count). The fourth-order valence-electron chi connectivity index (χ4n) is 2.42. The number of hydrogen-bond acceptors (Lipinski definition) is 5. The van der Waals surface area contributed by atoms with Crippen molar-refractivity contribution in [2.45, 2.75) is 31.2 Å². The largest absolute Gasteiger partial charge is 0.472 e. The van der Waals surface area contributed by atoms with Gasteiger partial charge in [-0.3, -0.25) is 4.79 Å². The summed E-state index contributed by atoms with van der Waals surface area (Å²) in [5, 5.41) is 0. The SMILES string of the molecule is CSCCC(N)C(=O)N1CCC(Oc2ccc(C(F)(F)F)cn2)C1. The second kappa shape index (κ2) is 8.06. The summed E-state index contributed by atoms with van der Waals surface area (Å²) < 4.78 is 43.0. The third-order valence-electron chi connectivity index (χ3n) is 3.76. The lowest BCUT2D eigenvalue weighted by atomic mass is 10.2. The summed E-state index contributed by atoms with van der Waals surface area (Å²) in [6, 6.07) is 1.59. The maximum absolute atomic E-state index is 12.5. The van der Waals surface area contributed by atoms with Crippen molar-refractivity contribution in [1.82, 2.24) is 9.88 Å². The second-order valence-electron chi connectivity index (χ2n) is 5.58. The number of carbonyl (C=O) groups is 1. The Hall–Kier alpha value is -1.48. The lowest BCUT2D eigenvalue weighted by Crippen LogP contribution is -2.43. The number of halogens is 3. The van der Waals surface area contributed by atoms with Crippen LogP contribution >= 0.6 is 11.8 Å². The molecule has 24 heavy (non-hydrogen) atoms. The smallest absolute Gasteiger partial charge is 0.417 e. The molecule has 2 N–H and O–H groups in total. The third-order valence-corrected chi connectivity index (χ3v) is 4.40. The van der Waals surface area contributed by atoms with Gasteiger partial charge in [0.25, 0.3) is 0 Å². The van der Waals surface area contributed by atoms with Crippen molar-refractivity contribution in [2.75, 3.05) is 25.1 Å². The lowest BCUT2D eigenvalue weighted by Gasteiger charge is -2.20. The van der Waals surface area contributed by atoms with E-state index in [-0.39, 0.29) is 17.9 Å². The highest BCUT2D eigenvalue weighted by Gasteiger charge is 2.32. The summed E-state index contributed by atoms with van der Waals surface area (Å²) >= 11 is 1.63. The Morgan fingerprint density at radius 2 is 2.29 bits per heavy atom. The van der Waals surface area contributed by atoms with Crippen LogP contribution in [0.1, 0.15) is 18.4 Å². The average Bonchev–Trinajstić information content (AvgIpc) is 3.00. The molecule has 5 nitrogen and oxygen atoms in total. The van der Waals surface area contributed by atoms with E-state index < -0.39 is 17.8 Å². The van der Waals surface area contributed by atoms with Gasteiger partial charge in [0.15, 0.2) is 0 Å². The van der Waals surface area contributed by atoms with Crippen molar-refractivity contribution in [2.24, 2.45) is 5.73 Å². The lowest BCUT2D eigenvalue weighted by molar-refractivity contribution is -0.138. The minimum atomic E-state index is -4.42. The molecule has 0 spiro atoms. The number of hydrogen-bond donors (Lipinski definition) is 1. The van der Waals surface area contributed by atoms with Gasteiger partial charge in [0, 0.05) is 25.2 Å². The normalized spacial score (nSPS) is 19.4. The van der Waals surface area contributed by atoms with E-state index in [1.165, 1.54) is 6.07 Å². The van der Waals surface area contributed by atoms with E-state index >= 15 is 0 Å². The quantitative estimate of drug-likeness (QED) is 0.839. The first-order chi connectivity index (χ1) is 11.3. The summed E-state index contributed by atoms with van der Waals surface area (Å²) in [7, 11) is 0. The number of aromatic nitrogens is 1. The number of amides is 1. The molecule has 0 radical (unpaired) electrons. The highest BCUT2D eigenvalue weighted by Crippen LogP contribution is 2.29. The zero-order valence-electron chi connectivity index (χ0n) is 13.3. The molecule has 0 saturated carbocycles. The molecule has 1 saturated heterocycles. The van der Waals surface area contributed by atoms with Gasteiger partial charge in [0.2, 0.25) is 11.8 Å². The Balaban J connectivity index is 1.86. The molecule has 1 aliphatic rings. The maximum Gasteiger partial charge on any atom is 0.417 e. The minimum absolute atomic E-state index is 0.115. The van der Waals surface area contributed by atoms with Gasteiger partial charge in [0.1, 0.15) is 6.10 Å². The molecule has 1 aromatic rings. The number of rotatable bonds is 6. The van der Waals surface area contributed by atoms with Crippen LogP contribution in [-0.2, 0) is 11.0 Å². The van der Waals surface area contributed by atoms with Crippen LogP contribution in [0.3, 0.4) is 0 Å². The van der Waals surface area contributed by atoms with E-state index in [1.54, 1.807) is 16.7 Å². The first-order valence-corrected chi connectivity index (χ1v) is 8.94. The number of pyridine rings is 1. The van der Waals surface area contributed by atoms with Crippen LogP contribution in [-0.4, -0.2) is 53.0 Å². The van der Waals surface area contributed by atoms with E-state index in [2.05, 4.69) is 4.98 Å². The fourth-order valence-corrected chi connectivity index (χ4v) is 2.91. The predicted octanol–water partition coefficient (Wildman–Crippen LogP) is 2.16. The third kappa shape index (κ3) is 5.01. The standard InChI is InChI=1S/C15H20F3N3O2S/c1-24-7-5-12(19)14(22)21-6-4-11(9-21)23-13-3-2-10(8-20-13)15(16,17)18/h2-3,8,11-12H,4-7,9,19H2,1H3. The Morgan fingerprint density at radius 3 is 2.88 bits per heavy atom. The molecule has 0 aliphatic carbocycles. The molecule has 1 fully saturated rings. The van der Waals surface area contributed by atoms with E-state index in [1.807, 2.05) is 6.26 Å². The van der Waals surface area contributed by atoms with Gasteiger partial charge < -0.3 is 15.4 Å². The summed E-state index contributed by atoms with van der Waals surface area (Å²) in [4.78, 5) is 17.5. The zero-order valence-corrected chi connectivity index (χ0v) is 14.1. The highest BCUT2D eigenvalue weighted by atomic mass is 32.2. The van der Waals surface area contributed by atoms with E-state index in [4.69, 9.17) is 10.5 Å². The number of likely N-dealkylation sites (tertiary alicyclic amines) is 1. The minimum Gasteiger partial charge on any atom is -0.472 e. The van der Waals surface area contributed by atoms with Gasteiger partial charge in [-0.1, -0.05) is 0 Å². The number of thioether (sulfide) groups is 1. The first kappa shape index (κ1) is 18.9. The van der Waals surface area contributed by atoms with Crippen LogP contribution < -0.4 is 10.5 Å². The van der Waals surface area contributed by atoms with Crippen molar-refractivity contribution in [3.05, 3.63) is 23.9 Å². The van der Waals surface area contributed by atoms with Crippen LogP contribution in [0.2, 0.25) is 0 Å². The van der Waals surface area contributed by atoms with Crippen molar-refractivity contribution in [3.63, 3.8) is 0 Å². The first-order valence-electron chi connectivity index (χ1n) is 7.54. The Bertz CT molecular complexity index is 554. The highest BCUT2D eigenvalue weighted by molar-refractivity contribution is 7.98. The fraction of sp³-hybridized carbons (Fsp3) is 0.600. The van der Waals surface area contributed by atoms with Gasteiger partial charge in [-0.05, 0) is 24.5 Å². The molecule has 0 aromatic carbocycles. The summed E-state index contributed by atoms with van der Waals surface area (Å²) in [5.74, 6) is 0.820. The second-order valence-corrected chi connectivity index (χ2v) is 6.57. The maximum atomic E-state index is 12.5. The molecular formula is C15H20F3N3O2S. The van der Waals surface area contributed by atoms with Gasteiger partial charge in [0.05, 0.1) is 18.2 Å². The Morgan fingerprint density at radius 1 is 1.54 bits per heavy atom. The van der Waals surface area contributed by atoms with Crippen LogP contribution in [0.25, 0.3) is 0 Å². The summed E-state index contributed by atoms with van der Waals surface area (Å²) in [5.41, 5.74) is 5.05. The molecule has 1 aromatic heterocycles. The molecule has 2 unspecified atom stereocenters. The number of nitrogens with two attached hydrogens (primary N) is 1. The van der Waals surface area contributed by atoms with Crippen LogP contribution in [0.4, 0.5) is 13.2 Å². The number of nitrogens with zero attached hydrogens (tertiary/aromatic N) is 2. The molecule has 1 amide bonds. The topological polar surface area (TPSA) is 68.5 Å². The molecule has 1 aliphatic heterocycles. The van der Waals surface area contributed by atoms with Crippen molar-refractivity contribution < 1.29 is 22.7 Å². The van der Waals surface area contributed by atoms with Crippen LogP contribution in [0.5, 0.6) is 5.88 Å². The number of carbonyl (C=O) groups excluding carboxylic acids is 1. The average molecular weight is 363 g/mol. The molecule has 2 atom stereocenters. The monoisotopic (exact) mass is 363 g/mol. The van der Waals surface area contributed by atoms with E-state index in [0.717, 1.165) is 18.0 Å². The van der Waals surface area contributed by atoms with Crippen molar-refractivity contribution >= 4 is 17.7 Å². The molecule has 134 valence electrons. The van der Waals surface area contributed by atoms with Crippen molar-refractivity contribution in [3.8, 4) is 5.88 Å². The Labute approximate surface area is 142 Å². The molecule has 9 heteroatoms. The number of ether oxygens (including phenoxy) is 1. The van der Waals surface area contributed by atoms with Gasteiger partial charge in [-0.15, -0.1) is 0 Å². The van der Waals surface area contributed by atoms with E-state index in [9.17, 15) is 18.0 Å². The van der Waals surface area contributed by atoms with Crippen LogP contribution in [0, 0.1) is 0 Å². The summed E-state index contributed by atoms with van der Waals surface area (Å²) in [6.45, 7) is 0.894. The predicted molar refractivity (Wildman–Crippen MR) is 85.8 cm³/mol. The van der Waals surface area contributed by atoms with Gasteiger partial charge in [-0.2, -0.15) is 24.9 Å². The summed E-state index contributed by atoms with van der Waals surface area (Å²) in [6.07, 6.45) is -0.799. The molecule has 0 bridgehead atoms. The van der Waals surface area contributed by atoms with Gasteiger partial charge >= 0.3 is 6.18 Å². The van der Waals surface area contributed by atoms with E-state index in [0.29, 0.717) is 25.9 Å².